The van der Waals surface area contributed by atoms with Gasteiger partial charge in [-0.2, -0.15) is 5.10 Å². The summed E-state index contributed by atoms with van der Waals surface area (Å²) < 4.78 is 27.4. The van der Waals surface area contributed by atoms with Gasteiger partial charge in [0.1, 0.15) is 5.65 Å². The number of rotatable bonds is 6. The van der Waals surface area contributed by atoms with Crippen molar-refractivity contribution in [1.82, 2.24) is 19.6 Å². The summed E-state index contributed by atoms with van der Waals surface area (Å²) in [7, 11) is -2.55. The fraction of sp³-hybridized carbons (Fsp3) is 0.391. The first-order chi connectivity index (χ1) is 15.9. The van der Waals surface area contributed by atoms with Crippen molar-refractivity contribution in [1.29, 1.82) is 0 Å². The zero-order chi connectivity index (χ0) is 23.0. The molecule has 1 aliphatic heterocycles. The first kappa shape index (κ1) is 22.1. The molecule has 0 bridgehead atoms. The van der Waals surface area contributed by atoms with Crippen LogP contribution in [0, 0.1) is 11.8 Å². The Balaban J connectivity index is 1.26. The predicted octanol–water partition coefficient (Wildman–Crippen LogP) is 1.83. The van der Waals surface area contributed by atoms with Gasteiger partial charge in [0, 0.05) is 48.3 Å². The summed E-state index contributed by atoms with van der Waals surface area (Å²) in [5.41, 5.74) is 4.38. The molecule has 0 atom stereocenters. The van der Waals surface area contributed by atoms with Gasteiger partial charge < -0.3 is 15.3 Å². The second-order valence-electron chi connectivity index (χ2n) is 9.10. The number of fused-ring (bicyclic) bond motifs is 3. The molecule has 33 heavy (non-hydrogen) atoms. The van der Waals surface area contributed by atoms with Gasteiger partial charge in [-0.1, -0.05) is 30.3 Å². The number of nitrogens with one attached hydrogen (secondary N) is 2. The van der Waals surface area contributed by atoms with Crippen LogP contribution in [0.3, 0.4) is 0 Å². The average Bonchev–Trinajstić information content (AvgIpc) is 3.30. The number of H-pyrrole nitrogens is 1. The van der Waals surface area contributed by atoms with Gasteiger partial charge in [-0.15, -0.1) is 0 Å². The molecule has 0 amide bonds. The summed E-state index contributed by atoms with van der Waals surface area (Å²) in [6, 6.07) is 11.6. The van der Waals surface area contributed by atoms with Gasteiger partial charge in [0.15, 0.2) is 0 Å². The van der Waals surface area contributed by atoms with Gasteiger partial charge >= 0.3 is 7.05 Å². The standard InChI is InChI=1S/C23H28BN5O3S/c1-29(14-16-5-3-2-4-6-16)33(31,32)15-17-7-9-18(10-8-17)22-21-19-11-12-25-23(19)26-13-20(21)24(30)28-27-22/h2-6,11-13,17-18,28,30H,7-10,14-15H2,1H3,(H,25,26)/t17-,18-. The second kappa shape index (κ2) is 8.93. The molecule has 0 spiro atoms. The van der Waals surface area contributed by atoms with Crippen molar-refractivity contribution in [2.24, 2.45) is 16.9 Å². The number of pyridine rings is 1. The molecule has 0 unspecified atom stereocenters. The van der Waals surface area contributed by atoms with Gasteiger partial charge in [-0.25, -0.2) is 17.7 Å². The van der Waals surface area contributed by atoms with E-state index >= 15 is 0 Å². The number of benzene rings is 1. The van der Waals surface area contributed by atoms with Crippen LogP contribution >= 0.6 is 0 Å². The van der Waals surface area contributed by atoms with E-state index in [2.05, 4.69) is 20.4 Å². The van der Waals surface area contributed by atoms with E-state index < -0.39 is 17.1 Å². The Kier molecular flexibility index (Phi) is 5.98. The van der Waals surface area contributed by atoms with Gasteiger partial charge in [0.05, 0.1) is 11.5 Å². The molecule has 10 heteroatoms. The zero-order valence-electron chi connectivity index (χ0n) is 18.6. The van der Waals surface area contributed by atoms with Crippen molar-refractivity contribution in [3.05, 3.63) is 59.9 Å². The van der Waals surface area contributed by atoms with E-state index in [9.17, 15) is 13.4 Å². The Morgan fingerprint density at radius 3 is 2.67 bits per heavy atom. The molecule has 1 saturated carbocycles. The SMILES string of the molecule is CN(Cc1ccccc1)S(=O)(=O)C[C@H]1CC[C@H](C2=NNB(O)c3cnc4[nH]ccc4c32)CC1. The van der Waals surface area contributed by atoms with Crippen molar-refractivity contribution in [3.8, 4) is 0 Å². The highest BCUT2D eigenvalue weighted by atomic mass is 32.2. The number of hydrogen-bond donors (Lipinski definition) is 3. The van der Waals surface area contributed by atoms with Gasteiger partial charge in [-0.3, -0.25) is 0 Å². The van der Waals surface area contributed by atoms with E-state index in [1.807, 2.05) is 42.6 Å². The molecular weight excluding hydrogens is 437 g/mol. The van der Waals surface area contributed by atoms with Gasteiger partial charge in [0.25, 0.3) is 0 Å². The number of hydrogen-bond acceptors (Lipinski definition) is 6. The van der Waals surface area contributed by atoms with Crippen molar-refractivity contribution in [2.75, 3.05) is 12.8 Å². The van der Waals surface area contributed by atoms with Crippen LogP contribution in [0.2, 0.25) is 0 Å². The van der Waals surface area contributed by atoms with Crippen LogP contribution in [0.5, 0.6) is 0 Å². The van der Waals surface area contributed by atoms with Crippen LogP contribution < -0.4 is 10.8 Å². The second-order valence-corrected chi connectivity index (χ2v) is 11.2. The third kappa shape index (κ3) is 4.42. The monoisotopic (exact) mass is 465 g/mol. The largest absolute Gasteiger partial charge is 0.465 e. The van der Waals surface area contributed by atoms with E-state index in [0.717, 1.165) is 59.0 Å². The van der Waals surface area contributed by atoms with Gasteiger partial charge in [0.2, 0.25) is 10.0 Å². The third-order valence-corrected chi connectivity index (χ3v) is 8.85. The maximum atomic E-state index is 13.0. The number of aromatic amines is 1. The summed E-state index contributed by atoms with van der Waals surface area (Å²) in [6.45, 7) is 0.390. The lowest BCUT2D eigenvalue weighted by Gasteiger charge is -2.32. The normalized spacial score (nSPS) is 21.1. The molecule has 172 valence electrons. The number of nitrogens with zero attached hydrogens (tertiary/aromatic N) is 3. The molecule has 1 aromatic carbocycles. The van der Waals surface area contributed by atoms with Crippen LogP contribution in [0.25, 0.3) is 11.0 Å². The van der Waals surface area contributed by atoms with Gasteiger partial charge in [-0.05, 0) is 43.2 Å². The minimum absolute atomic E-state index is 0.136. The molecule has 0 saturated heterocycles. The summed E-state index contributed by atoms with van der Waals surface area (Å²) in [5, 5.41) is 18.7. The molecule has 1 aliphatic carbocycles. The highest BCUT2D eigenvalue weighted by Crippen LogP contribution is 2.34. The molecule has 8 nitrogen and oxygen atoms in total. The first-order valence-corrected chi connectivity index (χ1v) is 13.0. The lowest BCUT2D eigenvalue weighted by atomic mass is 9.68. The maximum Gasteiger partial charge on any atom is 0.465 e. The van der Waals surface area contributed by atoms with Crippen LogP contribution in [-0.4, -0.2) is 53.3 Å². The molecular formula is C23H28BN5O3S. The Bertz CT molecular complexity index is 1270. The lowest BCUT2D eigenvalue weighted by Crippen LogP contribution is -2.50. The molecule has 1 fully saturated rings. The Labute approximate surface area is 194 Å². The summed E-state index contributed by atoms with van der Waals surface area (Å²) in [6.07, 6.45) is 6.95. The zero-order valence-corrected chi connectivity index (χ0v) is 19.4. The summed E-state index contributed by atoms with van der Waals surface area (Å²) >= 11 is 0. The minimum atomic E-state index is -3.33. The highest BCUT2D eigenvalue weighted by molar-refractivity contribution is 7.89. The van der Waals surface area contributed by atoms with Crippen LogP contribution in [-0.2, 0) is 16.6 Å². The number of aromatic nitrogens is 2. The topological polar surface area (TPSA) is 111 Å². The van der Waals surface area contributed by atoms with Crippen LogP contribution in [0.15, 0.2) is 53.9 Å². The fourth-order valence-electron chi connectivity index (χ4n) is 5.03. The average molecular weight is 465 g/mol. The molecule has 5 rings (SSSR count). The van der Waals surface area contributed by atoms with Crippen LogP contribution in [0.1, 0.15) is 36.8 Å². The van der Waals surface area contributed by atoms with E-state index in [1.165, 1.54) is 4.31 Å². The Hall–Kier alpha value is -2.69. The lowest BCUT2D eigenvalue weighted by molar-refractivity contribution is 0.338. The molecule has 2 aromatic heterocycles. The molecule has 3 aromatic rings. The number of sulfonamides is 1. The minimum Gasteiger partial charge on any atom is -0.428 e. The van der Waals surface area contributed by atoms with E-state index in [-0.39, 0.29) is 17.6 Å². The van der Waals surface area contributed by atoms with Crippen LogP contribution in [0.4, 0.5) is 0 Å². The summed E-state index contributed by atoms with van der Waals surface area (Å²) in [5.74, 6) is 0.524. The fourth-order valence-corrected chi connectivity index (χ4v) is 6.56. The van der Waals surface area contributed by atoms with E-state index in [4.69, 9.17) is 0 Å². The third-order valence-electron chi connectivity index (χ3n) is 6.88. The van der Waals surface area contributed by atoms with Crippen molar-refractivity contribution in [3.63, 3.8) is 0 Å². The van der Waals surface area contributed by atoms with Crippen molar-refractivity contribution >= 4 is 39.3 Å². The molecule has 0 radical (unpaired) electrons. The Morgan fingerprint density at radius 1 is 1.15 bits per heavy atom. The van der Waals surface area contributed by atoms with Crippen molar-refractivity contribution in [2.45, 2.75) is 32.2 Å². The van der Waals surface area contributed by atoms with E-state index in [1.54, 1.807) is 13.2 Å². The maximum absolute atomic E-state index is 13.0. The predicted molar refractivity (Wildman–Crippen MR) is 131 cm³/mol. The first-order valence-electron chi connectivity index (χ1n) is 11.4. The number of hydrazone groups is 1. The molecule has 3 heterocycles. The van der Waals surface area contributed by atoms with E-state index in [0.29, 0.717) is 6.54 Å². The highest BCUT2D eigenvalue weighted by Gasteiger charge is 2.35. The quantitative estimate of drug-likeness (QED) is 0.481. The molecule has 2 aliphatic rings. The smallest absolute Gasteiger partial charge is 0.428 e. The molecule has 3 N–H and O–H groups in total. The van der Waals surface area contributed by atoms with Crippen molar-refractivity contribution < 1.29 is 13.4 Å². The summed E-state index contributed by atoms with van der Waals surface area (Å²) in [4.78, 5) is 7.53. The Morgan fingerprint density at radius 2 is 1.91 bits per heavy atom.